The number of hydrogen-bond donors (Lipinski definition) is 0. The first-order valence-electron chi connectivity index (χ1n) is 8.70. The number of hydrogen-bond acceptors (Lipinski definition) is 3. The predicted octanol–water partition coefficient (Wildman–Crippen LogP) is 4.83. The molecule has 0 unspecified atom stereocenters. The maximum atomic E-state index is 12.2. The molecule has 0 bridgehead atoms. The number of Topliss-reactive ketones (excluding diaryl/α,β-unsaturated/α-hetero) is 1. The van der Waals surface area contributed by atoms with Crippen LogP contribution in [0.2, 0.25) is 5.02 Å². The van der Waals surface area contributed by atoms with Gasteiger partial charge in [0, 0.05) is 23.7 Å². The molecule has 0 atom stereocenters. The van der Waals surface area contributed by atoms with Gasteiger partial charge in [0.25, 0.3) is 0 Å². The molecule has 0 radical (unpaired) electrons. The van der Waals surface area contributed by atoms with Gasteiger partial charge in [0.05, 0.1) is 12.8 Å². The Morgan fingerprint density at radius 2 is 2.19 bits per heavy atom. The predicted molar refractivity (Wildman–Crippen MR) is 104 cm³/mol. The first-order valence-corrected chi connectivity index (χ1v) is 9.07. The van der Waals surface area contributed by atoms with Crippen LogP contribution in [0.3, 0.4) is 0 Å². The number of rotatable bonds is 3. The number of allylic oxidation sites excluding steroid dienone is 1. The first kappa shape index (κ1) is 18.5. The Morgan fingerprint density at radius 1 is 1.35 bits per heavy atom. The molecular weight excluding hydrogens is 346 g/mol. The van der Waals surface area contributed by atoms with Crippen LogP contribution in [0.25, 0.3) is 0 Å². The summed E-state index contributed by atoms with van der Waals surface area (Å²) in [5, 5.41) is 0.694. The third-order valence-corrected chi connectivity index (χ3v) is 4.87. The van der Waals surface area contributed by atoms with Gasteiger partial charge in [-0.1, -0.05) is 48.9 Å². The van der Waals surface area contributed by atoms with Crippen LogP contribution in [0.1, 0.15) is 36.4 Å². The molecule has 1 aliphatic rings. The normalized spacial score (nSPS) is 18.3. The Balaban J connectivity index is 1.64. The first-order chi connectivity index (χ1) is 12.4. The van der Waals surface area contributed by atoms with E-state index in [9.17, 15) is 4.79 Å². The zero-order valence-corrected chi connectivity index (χ0v) is 15.8. The summed E-state index contributed by atoms with van der Waals surface area (Å²) < 4.78 is 5.20. The fraction of sp³-hybridized carbons (Fsp3) is 0.318. The highest BCUT2D eigenvalue weighted by Crippen LogP contribution is 2.34. The molecule has 2 aromatic rings. The molecule has 1 saturated heterocycles. The van der Waals surface area contributed by atoms with E-state index in [0.717, 1.165) is 25.1 Å². The van der Waals surface area contributed by atoms with Gasteiger partial charge < -0.3 is 4.42 Å². The van der Waals surface area contributed by atoms with Crippen molar-refractivity contribution in [3.63, 3.8) is 0 Å². The number of furan rings is 1. The molecule has 1 fully saturated rings. The van der Waals surface area contributed by atoms with Crippen molar-refractivity contribution in [1.29, 1.82) is 0 Å². The van der Waals surface area contributed by atoms with Crippen molar-refractivity contribution in [3.8, 4) is 11.8 Å². The Hall–Kier alpha value is -2.28. The van der Waals surface area contributed by atoms with E-state index in [0.29, 0.717) is 17.3 Å². The number of carbonyl (C=O) groups excluding carboxylic acids is 1. The summed E-state index contributed by atoms with van der Waals surface area (Å²) in [6, 6.07) is 11.0. The molecule has 2 heterocycles. The Morgan fingerprint density at radius 3 is 2.88 bits per heavy atom. The molecular formula is C22H22ClNO2. The average molecular weight is 368 g/mol. The number of nitrogens with zero attached hydrogens (tertiary/aromatic N) is 1. The van der Waals surface area contributed by atoms with E-state index in [2.05, 4.69) is 30.6 Å². The van der Waals surface area contributed by atoms with Crippen LogP contribution in [0.4, 0.5) is 0 Å². The van der Waals surface area contributed by atoms with Crippen molar-refractivity contribution in [3.05, 3.63) is 70.7 Å². The van der Waals surface area contributed by atoms with E-state index in [1.807, 2.05) is 30.3 Å². The summed E-state index contributed by atoms with van der Waals surface area (Å²) in [7, 11) is 0. The van der Waals surface area contributed by atoms with Gasteiger partial charge in [-0.25, -0.2) is 0 Å². The molecule has 1 aromatic carbocycles. The lowest BCUT2D eigenvalue weighted by Gasteiger charge is -2.39. The van der Waals surface area contributed by atoms with Crippen LogP contribution < -0.4 is 0 Å². The van der Waals surface area contributed by atoms with Crippen LogP contribution in [0.5, 0.6) is 0 Å². The van der Waals surface area contributed by atoms with Gasteiger partial charge >= 0.3 is 0 Å². The lowest BCUT2D eigenvalue weighted by molar-refractivity contribution is 0.0853. The molecule has 4 heteroatoms. The molecule has 134 valence electrons. The van der Waals surface area contributed by atoms with Crippen molar-refractivity contribution in [2.75, 3.05) is 19.6 Å². The highest BCUT2D eigenvalue weighted by atomic mass is 35.5. The van der Waals surface area contributed by atoms with Crippen LogP contribution in [-0.2, 0) is 0 Å². The average Bonchev–Trinajstić information content (AvgIpc) is 3.11. The number of carbonyl (C=O) groups is 1. The van der Waals surface area contributed by atoms with E-state index in [4.69, 9.17) is 16.0 Å². The number of ketones is 1. The second-order valence-electron chi connectivity index (χ2n) is 7.19. The molecule has 0 amide bonds. The summed E-state index contributed by atoms with van der Waals surface area (Å²) in [5.74, 6) is 6.76. The Bertz CT molecular complexity index is 869. The number of piperidine rings is 1. The van der Waals surface area contributed by atoms with Gasteiger partial charge in [-0.05, 0) is 48.2 Å². The van der Waals surface area contributed by atoms with E-state index in [1.54, 1.807) is 12.1 Å². The maximum Gasteiger partial charge on any atom is 0.211 e. The van der Waals surface area contributed by atoms with Crippen LogP contribution in [0, 0.1) is 17.3 Å². The minimum absolute atomic E-state index is 0.0231. The highest BCUT2D eigenvalue weighted by molar-refractivity contribution is 6.30. The largest absolute Gasteiger partial charge is 0.461 e. The third-order valence-electron chi connectivity index (χ3n) is 4.64. The van der Waals surface area contributed by atoms with Gasteiger partial charge in [-0.2, -0.15) is 0 Å². The molecule has 3 rings (SSSR count). The Labute approximate surface area is 159 Å². The maximum absolute atomic E-state index is 12.2. The standard InChI is InChI=1S/C22H22ClNO2/c1-22(2)16-24(15-20(25)21-10-5-13-26-21)12-11-18(22)8-3-6-17-7-4-9-19(23)14-17/h4-5,7-10,13-14H,11-12,15-16H2,1-2H3/b18-8+. The SMILES string of the molecule is CC1(C)CN(CC(=O)c2ccco2)CC/C1=C\C#Cc1cccc(Cl)c1. The van der Waals surface area contributed by atoms with Crippen molar-refractivity contribution in [1.82, 2.24) is 4.90 Å². The van der Waals surface area contributed by atoms with Crippen LogP contribution in [0.15, 0.2) is 58.7 Å². The quantitative estimate of drug-likeness (QED) is 0.575. The molecule has 0 N–H and O–H groups in total. The third kappa shape index (κ3) is 4.66. The summed E-state index contributed by atoms with van der Waals surface area (Å²) in [6.07, 6.45) is 4.46. The number of likely N-dealkylation sites (tertiary alicyclic amines) is 1. The molecule has 1 aliphatic heterocycles. The zero-order valence-electron chi connectivity index (χ0n) is 15.1. The summed E-state index contributed by atoms with van der Waals surface area (Å²) in [5.41, 5.74) is 2.20. The summed E-state index contributed by atoms with van der Waals surface area (Å²) in [4.78, 5) is 14.4. The van der Waals surface area contributed by atoms with E-state index >= 15 is 0 Å². The molecule has 0 aliphatic carbocycles. The van der Waals surface area contributed by atoms with Gasteiger partial charge in [-0.3, -0.25) is 9.69 Å². The van der Waals surface area contributed by atoms with Gasteiger partial charge in [0.1, 0.15) is 0 Å². The molecule has 26 heavy (non-hydrogen) atoms. The van der Waals surface area contributed by atoms with Crippen molar-refractivity contribution >= 4 is 17.4 Å². The fourth-order valence-corrected chi connectivity index (χ4v) is 3.44. The van der Waals surface area contributed by atoms with E-state index in [-0.39, 0.29) is 11.2 Å². The number of benzene rings is 1. The minimum atomic E-state index is -0.0231. The smallest absolute Gasteiger partial charge is 0.211 e. The molecule has 3 nitrogen and oxygen atoms in total. The summed E-state index contributed by atoms with van der Waals surface area (Å²) in [6.45, 7) is 6.45. The second kappa shape index (κ2) is 7.95. The molecule has 1 aromatic heterocycles. The lowest BCUT2D eigenvalue weighted by Crippen LogP contribution is -2.43. The second-order valence-corrected chi connectivity index (χ2v) is 7.63. The van der Waals surface area contributed by atoms with Gasteiger partial charge in [0.15, 0.2) is 5.76 Å². The van der Waals surface area contributed by atoms with Crippen molar-refractivity contribution in [2.24, 2.45) is 5.41 Å². The molecule has 0 spiro atoms. The fourth-order valence-electron chi connectivity index (χ4n) is 3.25. The van der Waals surface area contributed by atoms with Crippen molar-refractivity contribution in [2.45, 2.75) is 20.3 Å². The monoisotopic (exact) mass is 367 g/mol. The van der Waals surface area contributed by atoms with Crippen LogP contribution >= 0.6 is 11.6 Å². The van der Waals surface area contributed by atoms with Crippen LogP contribution in [-0.4, -0.2) is 30.3 Å². The van der Waals surface area contributed by atoms with Crippen molar-refractivity contribution < 1.29 is 9.21 Å². The zero-order chi connectivity index (χ0) is 18.6. The van der Waals surface area contributed by atoms with Gasteiger partial charge in [-0.15, -0.1) is 0 Å². The highest BCUT2D eigenvalue weighted by Gasteiger charge is 2.31. The Kier molecular flexibility index (Phi) is 5.66. The summed E-state index contributed by atoms with van der Waals surface area (Å²) >= 11 is 5.99. The number of halogens is 1. The van der Waals surface area contributed by atoms with E-state index < -0.39 is 0 Å². The minimum Gasteiger partial charge on any atom is -0.461 e. The topological polar surface area (TPSA) is 33.5 Å². The molecule has 0 saturated carbocycles. The van der Waals surface area contributed by atoms with E-state index in [1.165, 1.54) is 11.8 Å². The lowest BCUT2D eigenvalue weighted by atomic mass is 9.78. The van der Waals surface area contributed by atoms with Gasteiger partial charge in [0.2, 0.25) is 5.78 Å².